The van der Waals surface area contributed by atoms with Crippen molar-refractivity contribution in [1.82, 2.24) is 0 Å². The highest BCUT2D eigenvalue weighted by molar-refractivity contribution is 4.84. The molecule has 0 saturated carbocycles. The maximum atomic E-state index is 5.36. The normalized spacial score (nSPS) is 10.5. The van der Waals surface area contributed by atoms with Crippen LogP contribution in [0.15, 0.2) is 12.3 Å². The molecule has 4 heteroatoms. The second-order valence-corrected chi connectivity index (χ2v) is 3.38. The fourth-order valence-electron chi connectivity index (χ4n) is 1.05. The molecule has 0 rings (SSSR count). The minimum absolute atomic E-state index is 0.414. The third-order valence-electron chi connectivity index (χ3n) is 1.80. The van der Waals surface area contributed by atoms with Gasteiger partial charge in [-0.25, -0.2) is 0 Å². The van der Waals surface area contributed by atoms with Gasteiger partial charge in [0, 0.05) is 26.0 Å². The molecule has 15 heavy (non-hydrogen) atoms. The molecule has 0 bridgehead atoms. The largest absolute Gasteiger partial charge is 0.401 e. The smallest absolute Gasteiger partial charge is 0.0855 e. The summed E-state index contributed by atoms with van der Waals surface area (Å²) in [6.07, 6.45) is 3.32. The van der Waals surface area contributed by atoms with Crippen molar-refractivity contribution in [2.45, 2.75) is 19.3 Å². The van der Waals surface area contributed by atoms with E-state index in [0.717, 1.165) is 32.5 Å². The van der Waals surface area contributed by atoms with Gasteiger partial charge in [0.15, 0.2) is 0 Å². The van der Waals surface area contributed by atoms with Gasteiger partial charge in [0.05, 0.1) is 19.8 Å². The van der Waals surface area contributed by atoms with Crippen molar-refractivity contribution in [3.8, 4) is 0 Å². The lowest BCUT2D eigenvalue weighted by Crippen LogP contribution is -2.10. The van der Waals surface area contributed by atoms with Crippen LogP contribution in [-0.2, 0) is 14.2 Å². The molecule has 0 radical (unpaired) electrons. The van der Waals surface area contributed by atoms with Gasteiger partial charge in [0.2, 0.25) is 0 Å². The minimum Gasteiger partial charge on any atom is -0.401 e. The molecule has 0 saturated heterocycles. The van der Waals surface area contributed by atoms with Gasteiger partial charge in [-0.1, -0.05) is 6.58 Å². The van der Waals surface area contributed by atoms with Gasteiger partial charge in [0.25, 0.3) is 0 Å². The molecule has 0 aromatic rings. The van der Waals surface area contributed by atoms with Gasteiger partial charge >= 0.3 is 0 Å². The van der Waals surface area contributed by atoms with Gasteiger partial charge in [0.1, 0.15) is 0 Å². The van der Waals surface area contributed by atoms with Crippen LogP contribution in [0.5, 0.6) is 0 Å². The summed E-state index contributed by atoms with van der Waals surface area (Å²) in [6, 6.07) is 0. The van der Waals surface area contributed by atoms with Crippen molar-refractivity contribution < 1.29 is 14.2 Å². The number of hydrogen-bond acceptors (Lipinski definition) is 4. The zero-order chi connectivity index (χ0) is 11.4. The monoisotopic (exact) mass is 217 g/mol. The van der Waals surface area contributed by atoms with E-state index in [0.29, 0.717) is 25.5 Å². The van der Waals surface area contributed by atoms with Crippen molar-refractivity contribution >= 4 is 0 Å². The molecule has 0 fully saturated rings. The first-order valence-corrected chi connectivity index (χ1v) is 5.35. The maximum absolute atomic E-state index is 5.36. The van der Waals surface area contributed by atoms with Gasteiger partial charge < -0.3 is 19.9 Å². The third-order valence-corrected chi connectivity index (χ3v) is 1.80. The third kappa shape index (κ3) is 13.4. The average Bonchev–Trinajstić information content (AvgIpc) is 2.20. The first kappa shape index (κ1) is 14.4. The molecule has 0 aliphatic carbocycles. The number of methoxy groups -OCH3 is 1. The Labute approximate surface area is 92.4 Å². The molecule has 0 spiro atoms. The fraction of sp³-hybridized carbons (Fsp3) is 0.818. The van der Waals surface area contributed by atoms with Gasteiger partial charge in [-0.05, 0) is 19.3 Å². The van der Waals surface area contributed by atoms with Crippen LogP contribution in [0.3, 0.4) is 0 Å². The summed E-state index contributed by atoms with van der Waals surface area (Å²) in [4.78, 5) is 0. The Balaban J connectivity index is 2.89. The molecule has 0 aliphatic heterocycles. The van der Waals surface area contributed by atoms with E-state index in [1.165, 1.54) is 0 Å². The van der Waals surface area contributed by atoms with E-state index in [9.17, 15) is 0 Å². The van der Waals surface area contributed by atoms with E-state index in [1.807, 2.05) is 0 Å². The van der Waals surface area contributed by atoms with Crippen molar-refractivity contribution in [1.29, 1.82) is 0 Å². The van der Waals surface area contributed by atoms with Crippen LogP contribution in [-0.4, -0.2) is 40.1 Å². The highest BCUT2D eigenvalue weighted by atomic mass is 16.5. The number of rotatable bonds is 11. The predicted octanol–water partition coefficient (Wildman–Crippen LogP) is 1.31. The lowest BCUT2D eigenvalue weighted by molar-refractivity contribution is 0.0538. The van der Waals surface area contributed by atoms with E-state index in [4.69, 9.17) is 19.9 Å². The SMILES string of the molecule is C=C(N)COCCOCCCCCOC. The standard InChI is InChI=1S/C11H23NO3/c1-11(12)10-15-9-8-14-7-5-3-4-6-13-2/h1,3-10,12H2,2H3. The average molecular weight is 217 g/mol. The molecule has 0 aromatic carbocycles. The number of ether oxygens (including phenoxy) is 3. The van der Waals surface area contributed by atoms with Crippen molar-refractivity contribution in [3.05, 3.63) is 12.3 Å². The van der Waals surface area contributed by atoms with E-state index >= 15 is 0 Å². The van der Waals surface area contributed by atoms with Gasteiger partial charge in [-0.2, -0.15) is 0 Å². The summed E-state index contributed by atoms with van der Waals surface area (Å²) in [5, 5.41) is 0. The Kier molecular flexibility index (Phi) is 11.1. The van der Waals surface area contributed by atoms with Crippen molar-refractivity contribution in [2.75, 3.05) is 40.1 Å². The quantitative estimate of drug-likeness (QED) is 0.530. The van der Waals surface area contributed by atoms with E-state index in [2.05, 4.69) is 6.58 Å². The van der Waals surface area contributed by atoms with Crippen molar-refractivity contribution in [3.63, 3.8) is 0 Å². The van der Waals surface area contributed by atoms with Gasteiger partial charge in [-0.15, -0.1) is 0 Å². The van der Waals surface area contributed by atoms with Crippen LogP contribution in [0.25, 0.3) is 0 Å². The highest BCUT2D eigenvalue weighted by Crippen LogP contribution is 1.95. The molecule has 0 heterocycles. The van der Waals surface area contributed by atoms with Crippen LogP contribution in [0.4, 0.5) is 0 Å². The van der Waals surface area contributed by atoms with E-state index in [1.54, 1.807) is 7.11 Å². The highest BCUT2D eigenvalue weighted by Gasteiger charge is 1.92. The zero-order valence-corrected chi connectivity index (χ0v) is 9.67. The van der Waals surface area contributed by atoms with E-state index in [-0.39, 0.29) is 0 Å². The van der Waals surface area contributed by atoms with Gasteiger partial charge in [-0.3, -0.25) is 0 Å². The predicted molar refractivity (Wildman–Crippen MR) is 60.7 cm³/mol. The molecule has 0 aromatic heterocycles. The molecule has 4 nitrogen and oxygen atoms in total. The van der Waals surface area contributed by atoms with Crippen LogP contribution in [0.2, 0.25) is 0 Å². The lowest BCUT2D eigenvalue weighted by atomic mass is 10.2. The summed E-state index contributed by atoms with van der Waals surface area (Å²) in [5.74, 6) is 0. The van der Waals surface area contributed by atoms with E-state index < -0.39 is 0 Å². The molecule has 0 unspecified atom stereocenters. The van der Waals surface area contributed by atoms with Crippen LogP contribution < -0.4 is 5.73 Å². The second-order valence-electron chi connectivity index (χ2n) is 3.38. The maximum Gasteiger partial charge on any atom is 0.0855 e. The minimum atomic E-state index is 0.414. The summed E-state index contributed by atoms with van der Waals surface area (Å²) < 4.78 is 15.5. The molecule has 90 valence electrons. The van der Waals surface area contributed by atoms with Crippen LogP contribution >= 0.6 is 0 Å². The Morgan fingerprint density at radius 1 is 1.00 bits per heavy atom. The number of unbranched alkanes of at least 4 members (excludes halogenated alkanes) is 2. The second kappa shape index (κ2) is 11.5. The molecular formula is C11H23NO3. The zero-order valence-electron chi connectivity index (χ0n) is 9.67. The Morgan fingerprint density at radius 2 is 1.67 bits per heavy atom. The summed E-state index contributed by atoms with van der Waals surface area (Å²) in [5.41, 5.74) is 5.88. The number of hydrogen-bond donors (Lipinski definition) is 1. The lowest BCUT2D eigenvalue weighted by Gasteiger charge is -2.05. The molecule has 0 amide bonds. The van der Waals surface area contributed by atoms with Crippen molar-refractivity contribution in [2.24, 2.45) is 5.73 Å². The number of nitrogens with two attached hydrogens (primary N) is 1. The summed E-state index contributed by atoms with van der Waals surface area (Å²) in [7, 11) is 1.72. The first-order valence-electron chi connectivity index (χ1n) is 5.35. The Hall–Kier alpha value is -0.580. The topological polar surface area (TPSA) is 53.7 Å². The molecule has 0 aliphatic rings. The van der Waals surface area contributed by atoms with Crippen LogP contribution in [0, 0.1) is 0 Å². The Bertz CT molecular complexity index is 151. The Morgan fingerprint density at radius 3 is 2.33 bits per heavy atom. The summed E-state index contributed by atoms with van der Waals surface area (Å²) in [6.45, 7) is 6.77. The first-order chi connectivity index (χ1) is 7.27. The summed E-state index contributed by atoms with van der Waals surface area (Å²) >= 11 is 0. The molecule has 0 atom stereocenters. The molecule has 2 N–H and O–H groups in total. The fourth-order valence-corrected chi connectivity index (χ4v) is 1.05. The van der Waals surface area contributed by atoms with Crippen LogP contribution in [0.1, 0.15) is 19.3 Å². The molecular weight excluding hydrogens is 194 g/mol.